The van der Waals surface area contributed by atoms with Gasteiger partial charge in [0.25, 0.3) is 0 Å². The summed E-state index contributed by atoms with van der Waals surface area (Å²) in [4.78, 5) is 13.7. The molecule has 0 aliphatic rings. The van der Waals surface area contributed by atoms with Crippen molar-refractivity contribution < 1.29 is 4.79 Å². The molecule has 0 fully saturated rings. The van der Waals surface area contributed by atoms with Gasteiger partial charge in [-0.05, 0) is 18.5 Å². The van der Waals surface area contributed by atoms with Crippen molar-refractivity contribution in [2.24, 2.45) is 5.41 Å². The van der Waals surface area contributed by atoms with Crippen LogP contribution in [0.3, 0.4) is 0 Å². The van der Waals surface area contributed by atoms with Crippen LogP contribution in [0.25, 0.3) is 0 Å². The van der Waals surface area contributed by atoms with Gasteiger partial charge in [0.05, 0.1) is 6.54 Å². The van der Waals surface area contributed by atoms with Crippen molar-refractivity contribution in [2.45, 2.75) is 41.0 Å². The summed E-state index contributed by atoms with van der Waals surface area (Å²) in [5.74, 6) is 0.358. The van der Waals surface area contributed by atoms with Crippen LogP contribution in [0, 0.1) is 5.41 Å². The van der Waals surface area contributed by atoms with Crippen LogP contribution < -0.4 is 0 Å². The second-order valence-corrected chi connectivity index (χ2v) is 4.74. The Hall–Kier alpha value is -0.370. The maximum absolute atomic E-state index is 11.5. The van der Waals surface area contributed by atoms with Crippen LogP contribution in [0.5, 0.6) is 0 Å². The molecular formula is C11H23NO. The van der Waals surface area contributed by atoms with E-state index in [4.69, 9.17) is 0 Å². The minimum Gasteiger partial charge on any atom is -0.298 e. The van der Waals surface area contributed by atoms with Crippen molar-refractivity contribution >= 4 is 5.78 Å². The first-order valence-electron chi connectivity index (χ1n) is 5.13. The van der Waals surface area contributed by atoms with Gasteiger partial charge in [0.15, 0.2) is 0 Å². The first kappa shape index (κ1) is 12.6. The molecule has 2 heteroatoms. The van der Waals surface area contributed by atoms with Crippen LogP contribution >= 0.6 is 0 Å². The molecule has 0 N–H and O–H groups in total. The quantitative estimate of drug-likeness (QED) is 0.655. The number of rotatable bonds is 5. The van der Waals surface area contributed by atoms with Gasteiger partial charge in [-0.25, -0.2) is 0 Å². The molecule has 0 spiro atoms. The molecule has 0 aliphatic heterocycles. The third-order valence-electron chi connectivity index (χ3n) is 2.02. The molecule has 0 atom stereocenters. The number of carbonyl (C=O) groups excluding carboxylic acids is 1. The average Bonchev–Trinajstić information content (AvgIpc) is 1.96. The predicted molar refractivity (Wildman–Crippen MR) is 56.9 cm³/mol. The minimum atomic E-state index is 0.129. The zero-order valence-electron chi connectivity index (χ0n) is 9.68. The van der Waals surface area contributed by atoms with Crippen molar-refractivity contribution in [1.29, 1.82) is 0 Å². The second-order valence-electron chi connectivity index (χ2n) is 4.74. The summed E-state index contributed by atoms with van der Waals surface area (Å²) in [6, 6.07) is 0. The second kappa shape index (κ2) is 5.38. The summed E-state index contributed by atoms with van der Waals surface area (Å²) in [7, 11) is 0. The molecule has 0 aliphatic carbocycles. The Balaban J connectivity index is 3.86. The molecule has 0 rings (SSSR count). The fourth-order valence-corrected chi connectivity index (χ4v) is 1.34. The summed E-state index contributed by atoms with van der Waals surface area (Å²) in [5, 5.41) is 0. The number of hydrogen-bond donors (Lipinski definition) is 0. The number of hydrogen-bond acceptors (Lipinski definition) is 2. The van der Waals surface area contributed by atoms with Crippen LogP contribution in [-0.4, -0.2) is 30.3 Å². The van der Waals surface area contributed by atoms with Gasteiger partial charge in [0.2, 0.25) is 0 Å². The monoisotopic (exact) mass is 185 g/mol. The molecule has 0 aromatic heterocycles. The third kappa shape index (κ3) is 6.76. The van der Waals surface area contributed by atoms with E-state index in [0.29, 0.717) is 18.7 Å². The highest BCUT2D eigenvalue weighted by Gasteiger charge is 2.16. The van der Waals surface area contributed by atoms with Crippen molar-refractivity contribution in [3.63, 3.8) is 0 Å². The van der Waals surface area contributed by atoms with Gasteiger partial charge in [-0.3, -0.25) is 9.69 Å². The molecule has 0 saturated heterocycles. The minimum absolute atomic E-state index is 0.129. The molecule has 78 valence electrons. The highest BCUT2D eigenvalue weighted by Crippen LogP contribution is 2.18. The lowest BCUT2D eigenvalue weighted by molar-refractivity contribution is -0.121. The first-order valence-corrected chi connectivity index (χ1v) is 5.13. The fraction of sp³-hybridized carbons (Fsp3) is 0.909. The maximum Gasteiger partial charge on any atom is 0.147 e. The van der Waals surface area contributed by atoms with Gasteiger partial charge in [-0.1, -0.05) is 34.6 Å². The van der Waals surface area contributed by atoms with Gasteiger partial charge in [-0.2, -0.15) is 0 Å². The molecule has 0 saturated carbocycles. The van der Waals surface area contributed by atoms with Crippen LogP contribution in [-0.2, 0) is 4.79 Å². The van der Waals surface area contributed by atoms with Crippen LogP contribution in [0.2, 0.25) is 0 Å². The van der Waals surface area contributed by atoms with E-state index in [1.165, 1.54) is 0 Å². The zero-order chi connectivity index (χ0) is 10.5. The van der Waals surface area contributed by atoms with Crippen LogP contribution in [0.4, 0.5) is 0 Å². The van der Waals surface area contributed by atoms with Crippen LogP contribution in [0.15, 0.2) is 0 Å². The molecule has 0 amide bonds. The lowest BCUT2D eigenvalue weighted by Crippen LogP contribution is -2.31. The number of likely N-dealkylation sites (N-methyl/N-ethyl adjacent to an activating group) is 1. The zero-order valence-corrected chi connectivity index (χ0v) is 9.68. The molecule has 0 radical (unpaired) electrons. The molecule has 0 aromatic carbocycles. The average molecular weight is 185 g/mol. The van der Waals surface area contributed by atoms with Gasteiger partial charge in [-0.15, -0.1) is 0 Å². The first-order chi connectivity index (χ1) is 5.89. The highest BCUT2D eigenvalue weighted by atomic mass is 16.1. The summed E-state index contributed by atoms with van der Waals surface area (Å²) in [6.07, 6.45) is 0.684. The van der Waals surface area contributed by atoms with Crippen molar-refractivity contribution in [1.82, 2.24) is 4.90 Å². The molecule has 0 heterocycles. The summed E-state index contributed by atoms with van der Waals surface area (Å²) in [5.41, 5.74) is 0.129. The lowest BCUT2D eigenvalue weighted by atomic mass is 9.90. The van der Waals surface area contributed by atoms with E-state index in [-0.39, 0.29) is 5.41 Å². The van der Waals surface area contributed by atoms with Gasteiger partial charge >= 0.3 is 0 Å². The Morgan fingerprint density at radius 1 is 1.15 bits per heavy atom. The lowest BCUT2D eigenvalue weighted by Gasteiger charge is -2.21. The Morgan fingerprint density at radius 3 is 1.92 bits per heavy atom. The molecular weight excluding hydrogens is 162 g/mol. The SMILES string of the molecule is CCN(CC)CC(=O)CC(C)(C)C. The van der Waals surface area contributed by atoms with E-state index < -0.39 is 0 Å². The predicted octanol–water partition coefficient (Wildman–Crippen LogP) is 2.33. The van der Waals surface area contributed by atoms with Crippen LogP contribution in [0.1, 0.15) is 41.0 Å². The summed E-state index contributed by atoms with van der Waals surface area (Å²) < 4.78 is 0. The molecule has 13 heavy (non-hydrogen) atoms. The summed E-state index contributed by atoms with van der Waals surface area (Å²) in [6.45, 7) is 13.0. The van der Waals surface area contributed by atoms with Crippen molar-refractivity contribution in [3.05, 3.63) is 0 Å². The topological polar surface area (TPSA) is 20.3 Å². The van der Waals surface area contributed by atoms with Gasteiger partial charge in [0.1, 0.15) is 5.78 Å². The fourth-order valence-electron chi connectivity index (χ4n) is 1.34. The number of ketones is 1. The van der Waals surface area contributed by atoms with E-state index >= 15 is 0 Å². The van der Waals surface area contributed by atoms with E-state index in [0.717, 1.165) is 13.1 Å². The maximum atomic E-state index is 11.5. The van der Waals surface area contributed by atoms with E-state index in [1.54, 1.807) is 0 Å². The summed E-state index contributed by atoms with van der Waals surface area (Å²) >= 11 is 0. The molecule has 0 bridgehead atoms. The normalized spacial score (nSPS) is 12.2. The Morgan fingerprint density at radius 2 is 1.62 bits per heavy atom. The number of carbonyl (C=O) groups is 1. The van der Waals surface area contributed by atoms with E-state index in [1.807, 2.05) is 0 Å². The number of Topliss-reactive ketones (excluding diaryl/α,β-unsaturated/α-hetero) is 1. The molecule has 0 unspecified atom stereocenters. The Kier molecular flexibility index (Phi) is 5.23. The molecule has 2 nitrogen and oxygen atoms in total. The van der Waals surface area contributed by atoms with E-state index in [2.05, 4.69) is 39.5 Å². The van der Waals surface area contributed by atoms with Gasteiger partial charge in [0, 0.05) is 6.42 Å². The molecule has 0 aromatic rings. The van der Waals surface area contributed by atoms with Crippen molar-refractivity contribution in [2.75, 3.05) is 19.6 Å². The van der Waals surface area contributed by atoms with Gasteiger partial charge < -0.3 is 0 Å². The number of nitrogens with zero attached hydrogens (tertiary/aromatic N) is 1. The van der Waals surface area contributed by atoms with E-state index in [9.17, 15) is 4.79 Å². The Labute approximate surface area is 82.3 Å². The van der Waals surface area contributed by atoms with Crippen molar-refractivity contribution in [3.8, 4) is 0 Å². The highest BCUT2D eigenvalue weighted by molar-refractivity contribution is 5.81. The largest absolute Gasteiger partial charge is 0.298 e. The smallest absolute Gasteiger partial charge is 0.147 e. The Bertz CT molecular complexity index is 154. The third-order valence-corrected chi connectivity index (χ3v) is 2.02. The standard InChI is InChI=1S/C11H23NO/c1-6-12(7-2)9-10(13)8-11(3,4)5/h6-9H2,1-5H3.